The summed E-state index contributed by atoms with van der Waals surface area (Å²) in [7, 11) is 3.05. The summed E-state index contributed by atoms with van der Waals surface area (Å²) in [5, 5.41) is 9.80. The van der Waals surface area contributed by atoms with E-state index < -0.39 is 6.10 Å². The molecule has 0 spiro atoms. The Labute approximate surface area is 88.2 Å². The van der Waals surface area contributed by atoms with Crippen LogP contribution < -0.4 is 9.47 Å². The van der Waals surface area contributed by atoms with Crippen LogP contribution in [-0.4, -0.2) is 19.3 Å². The molecule has 1 atom stereocenters. The van der Waals surface area contributed by atoms with Crippen molar-refractivity contribution in [3.8, 4) is 11.5 Å². The monoisotopic (exact) mass is 216 g/mol. The maximum absolute atomic E-state index is 9.41. The molecule has 1 aromatic carbocycles. The van der Waals surface area contributed by atoms with Crippen molar-refractivity contribution in [2.45, 2.75) is 13.0 Å². The van der Waals surface area contributed by atoms with Gasteiger partial charge in [-0.25, -0.2) is 0 Å². The second-order valence-corrected chi connectivity index (χ2v) is 3.26. The van der Waals surface area contributed by atoms with Crippen LogP contribution in [-0.2, 0) is 0 Å². The van der Waals surface area contributed by atoms with Gasteiger partial charge in [0.25, 0.3) is 0 Å². The van der Waals surface area contributed by atoms with E-state index in [4.69, 9.17) is 21.1 Å². The number of hydrogen-bond acceptors (Lipinski definition) is 3. The summed E-state index contributed by atoms with van der Waals surface area (Å²) in [6.07, 6.45) is -0.623. The molecule has 1 aromatic rings. The lowest BCUT2D eigenvalue weighted by atomic mass is 10.1. The zero-order valence-corrected chi connectivity index (χ0v) is 9.13. The molecule has 0 heterocycles. The highest BCUT2D eigenvalue weighted by atomic mass is 35.5. The number of halogens is 1. The smallest absolute Gasteiger partial charge is 0.179 e. The number of methoxy groups -OCH3 is 2. The number of rotatable bonds is 3. The van der Waals surface area contributed by atoms with Crippen molar-refractivity contribution in [1.29, 1.82) is 0 Å². The molecule has 3 nitrogen and oxygen atoms in total. The predicted molar refractivity (Wildman–Crippen MR) is 55.2 cm³/mol. The highest BCUT2D eigenvalue weighted by Gasteiger charge is 2.15. The van der Waals surface area contributed by atoms with Gasteiger partial charge in [-0.15, -0.1) is 0 Å². The van der Waals surface area contributed by atoms with E-state index in [2.05, 4.69) is 0 Å². The maximum Gasteiger partial charge on any atom is 0.179 e. The van der Waals surface area contributed by atoms with Gasteiger partial charge in [0.2, 0.25) is 0 Å². The summed E-state index contributed by atoms with van der Waals surface area (Å²) >= 11 is 6.02. The van der Waals surface area contributed by atoms with Crippen molar-refractivity contribution in [2.24, 2.45) is 0 Å². The average molecular weight is 217 g/mol. The van der Waals surface area contributed by atoms with Crippen LogP contribution in [0.4, 0.5) is 0 Å². The third kappa shape index (κ3) is 1.94. The number of benzene rings is 1. The minimum atomic E-state index is -0.623. The molecule has 78 valence electrons. The molecule has 4 heteroatoms. The van der Waals surface area contributed by atoms with Crippen LogP contribution >= 0.6 is 11.6 Å². The van der Waals surface area contributed by atoms with E-state index in [1.165, 1.54) is 14.2 Å². The molecular weight excluding hydrogens is 204 g/mol. The van der Waals surface area contributed by atoms with Crippen molar-refractivity contribution in [2.75, 3.05) is 14.2 Å². The van der Waals surface area contributed by atoms with Gasteiger partial charge >= 0.3 is 0 Å². The first-order chi connectivity index (χ1) is 6.61. The zero-order chi connectivity index (χ0) is 10.7. The van der Waals surface area contributed by atoms with E-state index in [0.29, 0.717) is 22.1 Å². The van der Waals surface area contributed by atoms with Gasteiger partial charge in [0, 0.05) is 5.56 Å². The van der Waals surface area contributed by atoms with E-state index in [1.807, 2.05) is 0 Å². The van der Waals surface area contributed by atoms with E-state index >= 15 is 0 Å². The van der Waals surface area contributed by atoms with Crippen LogP contribution in [0, 0.1) is 0 Å². The number of hydrogen-bond donors (Lipinski definition) is 1. The largest absolute Gasteiger partial charge is 0.493 e. The summed E-state index contributed by atoms with van der Waals surface area (Å²) < 4.78 is 10.2. The van der Waals surface area contributed by atoms with Gasteiger partial charge in [0.15, 0.2) is 11.5 Å². The third-order valence-corrected chi connectivity index (χ3v) is 2.35. The lowest BCUT2D eigenvalue weighted by Gasteiger charge is -2.13. The Morgan fingerprint density at radius 3 is 2.36 bits per heavy atom. The summed E-state index contributed by atoms with van der Waals surface area (Å²) in [5.74, 6) is 1.01. The lowest BCUT2D eigenvalue weighted by molar-refractivity contribution is 0.198. The molecule has 14 heavy (non-hydrogen) atoms. The summed E-state index contributed by atoms with van der Waals surface area (Å²) in [4.78, 5) is 0. The van der Waals surface area contributed by atoms with Gasteiger partial charge in [0.05, 0.1) is 25.3 Å². The average Bonchev–Trinajstić information content (AvgIpc) is 2.16. The van der Waals surface area contributed by atoms with E-state index in [0.717, 1.165) is 0 Å². The molecule has 1 rings (SSSR count). The number of aliphatic hydroxyl groups is 1. The molecule has 0 bridgehead atoms. The topological polar surface area (TPSA) is 38.7 Å². The molecule has 0 saturated heterocycles. The number of ether oxygens (including phenoxy) is 2. The molecule has 0 amide bonds. The van der Waals surface area contributed by atoms with Gasteiger partial charge in [-0.05, 0) is 13.0 Å². The van der Waals surface area contributed by atoms with Crippen molar-refractivity contribution in [1.82, 2.24) is 0 Å². The number of aliphatic hydroxyl groups excluding tert-OH is 1. The molecule has 1 N–H and O–H groups in total. The van der Waals surface area contributed by atoms with Crippen molar-refractivity contribution in [3.05, 3.63) is 22.7 Å². The van der Waals surface area contributed by atoms with Crippen LogP contribution in [0.5, 0.6) is 11.5 Å². The molecule has 0 unspecified atom stereocenters. The van der Waals surface area contributed by atoms with Crippen LogP contribution in [0.1, 0.15) is 18.6 Å². The minimum absolute atomic E-state index is 0.391. The fraction of sp³-hybridized carbons (Fsp3) is 0.400. The van der Waals surface area contributed by atoms with Crippen LogP contribution in [0.15, 0.2) is 12.1 Å². The normalized spacial score (nSPS) is 12.4. The second kappa shape index (κ2) is 4.53. The standard InChI is InChI=1S/C10H13ClO3/c1-6(12)7-4-5-8(13-2)10(14-3)9(7)11/h4-6,12H,1-3H3/t6-/m0/s1. The molecule has 0 aliphatic heterocycles. The minimum Gasteiger partial charge on any atom is -0.493 e. The predicted octanol–water partition coefficient (Wildman–Crippen LogP) is 2.41. The Kier molecular flexibility index (Phi) is 3.61. The molecule has 0 aromatic heterocycles. The SMILES string of the molecule is COc1ccc([C@H](C)O)c(Cl)c1OC. The summed E-state index contributed by atoms with van der Waals surface area (Å²) in [5.41, 5.74) is 0.629. The van der Waals surface area contributed by atoms with Gasteiger partial charge < -0.3 is 14.6 Å². The van der Waals surface area contributed by atoms with Crippen LogP contribution in [0.3, 0.4) is 0 Å². The molecule has 0 fully saturated rings. The van der Waals surface area contributed by atoms with Gasteiger partial charge in [-0.2, -0.15) is 0 Å². The first kappa shape index (κ1) is 11.1. The first-order valence-corrected chi connectivity index (χ1v) is 4.58. The highest BCUT2D eigenvalue weighted by Crippen LogP contribution is 2.39. The van der Waals surface area contributed by atoms with E-state index in [9.17, 15) is 5.11 Å². The molecule has 0 aliphatic carbocycles. The van der Waals surface area contributed by atoms with Gasteiger partial charge in [-0.1, -0.05) is 17.7 Å². The summed E-state index contributed by atoms with van der Waals surface area (Å²) in [6, 6.07) is 3.43. The second-order valence-electron chi connectivity index (χ2n) is 2.88. The van der Waals surface area contributed by atoms with Gasteiger partial charge in [0.1, 0.15) is 0 Å². The fourth-order valence-corrected chi connectivity index (χ4v) is 1.62. The first-order valence-electron chi connectivity index (χ1n) is 4.20. The van der Waals surface area contributed by atoms with Crippen molar-refractivity contribution in [3.63, 3.8) is 0 Å². The summed E-state index contributed by atoms with van der Waals surface area (Å²) in [6.45, 7) is 1.65. The highest BCUT2D eigenvalue weighted by molar-refractivity contribution is 6.33. The quantitative estimate of drug-likeness (QED) is 0.844. The van der Waals surface area contributed by atoms with Crippen molar-refractivity contribution >= 4 is 11.6 Å². The maximum atomic E-state index is 9.41. The Morgan fingerprint density at radius 1 is 1.29 bits per heavy atom. The van der Waals surface area contributed by atoms with Crippen molar-refractivity contribution < 1.29 is 14.6 Å². The molecule has 0 aliphatic rings. The molecular formula is C10H13ClO3. The molecule has 0 radical (unpaired) electrons. The van der Waals surface area contributed by atoms with Crippen LogP contribution in [0.2, 0.25) is 5.02 Å². The Bertz CT molecular complexity index is 323. The Morgan fingerprint density at radius 2 is 1.93 bits per heavy atom. The Balaban J connectivity index is 3.27. The third-order valence-electron chi connectivity index (χ3n) is 1.96. The van der Waals surface area contributed by atoms with Crippen LogP contribution in [0.25, 0.3) is 0 Å². The molecule has 0 saturated carbocycles. The van der Waals surface area contributed by atoms with E-state index in [1.54, 1.807) is 19.1 Å². The lowest BCUT2D eigenvalue weighted by Crippen LogP contribution is -1.97. The fourth-order valence-electron chi connectivity index (χ4n) is 1.23. The van der Waals surface area contributed by atoms with E-state index in [-0.39, 0.29) is 0 Å². The Hall–Kier alpha value is -0.930. The van der Waals surface area contributed by atoms with Gasteiger partial charge in [-0.3, -0.25) is 0 Å². The zero-order valence-electron chi connectivity index (χ0n) is 8.37.